The van der Waals surface area contributed by atoms with Gasteiger partial charge in [-0.1, -0.05) is 26.7 Å². The van der Waals surface area contributed by atoms with Crippen LogP contribution in [-0.4, -0.2) is 5.97 Å². The molecule has 0 rings (SSSR count). The van der Waals surface area contributed by atoms with Crippen LogP contribution in [0, 0.1) is 0 Å². The van der Waals surface area contributed by atoms with Crippen molar-refractivity contribution >= 4 is 28.6 Å². The topological polar surface area (TPSA) is 26.3 Å². The number of hydrogen-bond acceptors (Lipinski definition) is 2. The van der Waals surface area contributed by atoms with E-state index >= 15 is 0 Å². The first-order valence-electron chi connectivity index (χ1n) is 5.67. The van der Waals surface area contributed by atoms with Crippen molar-refractivity contribution in [2.75, 3.05) is 0 Å². The van der Waals surface area contributed by atoms with Crippen LogP contribution in [0.5, 0.6) is 0 Å². The van der Waals surface area contributed by atoms with Crippen molar-refractivity contribution in [1.82, 2.24) is 0 Å². The van der Waals surface area contributed by atoms with E-state index in [9.17, 15) is 4.79 Å². The molecule has 0 aliphatic heterocycles. The molecule has 0 aromatic heterocycles. The molecule has 0 unspecified atom stereocenters. The summed E-state index contributed by atoms with van der Waals surface area (Å²) >= 11 is 2.30. The van der Waals surface area contributed by atoms with E-state index < -0.39 is 0 Å². The Hall–Kier alpha value is -0.0600. The van der Waals surface area contributed by atoms with Crippen molar-refractivity contribution < 1.29 is 9.53 Å². The third kappa shape index (κ3) is 7.82. The summed E-state index contributed by atoms with van der Waals surface area (Å²) < 4.78 is 6.45. The molecule has 0 amide bonds. The van der Waals surface area contributed by atoms with Gasteiger partial charge in [-0.3, -0.25) is 4.79 Å². The third-order valence-electron chi connectivity index (χ3n) is 2.08. The van der Waals surface area contributed by atoms with Crippen molar-refractivity contribution in [1.29, 1.82) is 0 Å². The Morgan fingerprint density at radius 2 is 1.67 bits per heavy atom. The van der Waals surface area contributed by atoms with Gasteiger partial charge in [-0.15, -0.1) is 0 Å². The number of rotatable bonds is 7. The summed E-state index contributed by atoms with van der Waals surface area (Å²) in [6.45, 7) is 5.78. The average Bonchev–Trinajstić information content (AvgIpc) is 2.20. The summed E-state index contributed by atoms with van der Waals surface area (Å²) in [6.07, 6.45) is 6.47. The predicted molar refractivity (Wildman–Crippen MR) is 71.9 cm³/mol. The van der Waals surface area contributed by atoms with Crippen LogP contribution in [0.4, 0.5) is 0 Å². The first-order chi connectivity index (χ1) is 7.11. The number of ether oxygens (including phenoxy) is 1. The number of carbonyl (C=O) groups excluding carboxylic acids is 1. The SMILES string of the molecule is CCCCC(I)=C(CCCC)OC(C)=O. The van der Waals surface area contributed by atoms with Gasteiger partial charge in [0.15, 0.2) is 0 Å². The molecule has 0 atom stereocenters. The molecule has 0 aromatic rings. The number of unbranched alkanes of at least 4 members (excludes halogenated alkanes) is 2. The van der Waals surface area contributed by atoms with Crippen LogP contribution in [-0.2, 0) is 9.53 Å². The van der Waals surface area contributed by atoms with Crippen molar-refractivity contribution in [2.45, 2.75) is 59.3 Å². The molecule has 0 aromatic carbocycles. The van der Waals surface area contributed by atoms with Crippen molar-refractivity contribution in [2.24, 2.45) is 0 Å². The first-order valence-corrected chi connectivity index (χ1v) is 6.75. The smallest absolute Gasteiger partial charge is 0.307 e. The molecule has 3 heteroatoms. The van der Waals surface area contributed by atoms with Crippen LogP contribution >= 0.6 is 22.6 Å². The Bertz CT molecular complexity index is 222. The van der Waals surface area contributed by atoms with E-state index in [-0.39, 0.29) is 5.97 Å². The zero-order valence-corrected chi connectivity index (χ0v) is 12.1. The predicted octanol–water partition coefficient (Wildman–Crippen LogP) is 4.58. The molecule has 0 saturated heterocycles. The third-order valence-corrected chi connectivity index (χ3v) is 3.22. The van der Waals surface area contributed by atoms with Gasteiger partial charge in [0.2, 0.25) is 0 Å². The highest BCUT2D eigenvalue weighted by Crippen LogP contribution is 2.24. The van der Waals surface area contributed by atoms with Gasteiger partial charge in [0.1, 0.15) is 5.76 Å². The fourth-order valence-corrected chi connectivity index (χ4v) is 1.99. The van der Waals surface area contributed by atoms with Gasteiger partial charge in [-0.05, 0) is 41.9 Å². The zero-order chi connectivity index (χ0) is 11.7. The van der Waals surface area contributed by atoms with Crippen LogP contribution in [0.15, 0.2) is 9.34 Å². The Labute approximate surface area is 107 Å². The minimum Gasteiger partial charge on any atom is -0.430 e. The second-order valence-electron chi connectivity index (χ2n) is 3.63. The molecule has 0 saturated carbocycles. The summed E-state index contributed by atoms with van der Waals surface area (Å²) in [4.78, 5) is 10.9. The highest BCUT2D eigenvalue weighted by Gasteiger charge is 2.07. The van der Waals surface area contributed by atoms with E-state index in [1.165, 1.54) is 16.9 Å². The van der Waals surface area contributed by atoms with Crippen LogP contribution in [0.25, 0.3) is 0 Å². The van der Waals surface area contributed by atoms with E-state index in [0.29, 0.717) is 0 Å². The Kier molecular flexibility index (Phi) is 9.15. The summed E-state index contributed by atoms with van der Waals surface area (Å²) in [5.41, 5.74) is 0. The molecule has 0 bridgehead atoms. The van der Waals surface area contributed by atoms with E-state index in [1.807, 2.05) is 0 Å². The van der Waals surface area contributed by atoms with E-state index in [2.05, 4.69) is 36.4 Å². The number of halogens is 1. The fourth-order valence-electron chi connectivity index (χ4n) is 1.22. The lowest BCUT2D eigenvalue weighted by molar-refractivity contribution is -0.137. The number of hydrogen-bond donors (Lipinski definition) is 0. The van der Waals surface area contributed by atoms with Gasteiger partial charge >= 0.3 is 5.97 Å². The largest absolute Gasteiger partial charge is 0.430 e. The Morgan fingerprint density at radius 3 is 2.13 bits per heavy atom. The maximum atomic E-state index is 10.9. The molecule has 0 radical (unpaired) electrons. The first kappa shape index (κ1) is 14.9. The molecule has 0 N–H and O–H groups in total. The summed E-state index contributed by atoms with van der Waals surface area (Å²) in [7, 11) is 0. The van der Waals surface area contributed by atoms with Gasteiger partial charge in [-0.25, -0.2) is 0 Å². The standard InChI is InChI=1S/C12H21IO2/c1-4-6-8-11(13)12(9-7-5-2)15-10(3)14/h4-9H2,1-3H3. The molecule has 2 nitrogen and oxygen atoms in total. The van der Waals surface area contributed by atoms with Crippen LogP contribution < -0.4 is 0 Å². The maximum Gasteiger partial charge on any atom is 0.307 e. The van der Waals surface area contributed by atoms with Gasteiger partial charge in [0.25, 0.3) is 0 Å². The highest BCUT2D eigenvalue weighted by molar-refractivity contribution is 14.1. The normalized spacial score (nSPS) is 12.3. The van der Waals surface area contributed by atoms with Crippen LogP contribution in [0.3, 0.4) is 0 Å². The summed E-state index contributed by atoms with van der Waals surface area (Å²) in [5, 5.41) is 0. The molecule has 0 aliphatic carbocycles. The van der Waals surface area contributed by atoms with Crippen molar-refractivity contribution in [3.05, 3.63) is 9.34 Å². The van der Waals surface area contributed by atoms with Gasteiger partial charge < -0.3 is 4.74 Å². The lowest BCUT2D eigenvalue weighted by Crippen LogP contribution is -2.01. The van der Waals surface area contributed by atoms with Gasteiger partial charge in [0.05, 0.1) is 0 Å². The van der Waals surface area contributed by atoms with Crippen molar-refractivity contribution in [3.63, 3.8) is 0 Å². The lowest BCUT2D eigenvalue weighted by atomic mass is 10.2. The fraction of sp³-hybridized carbons (Fsp3) is 0.750. The van der Waals surface area contributed by atoms with Gasteiger partial charge in [0, 0.05) is 16.9 Å². The molecular formula is C12H21IO2. The number of esters is 1. The van der Waals surface area contributed by atoms with Crippen LogP contribution in [0.2, 0.25) is 0 Å². The Balaban J connectivity index is 4.34. The molecule has 88 valence electrons. The molecule has 0 heterocycles. The van der Waals surface area contributed by atoms with Crippen LogP contribution in [0.1, 0.15) is 59.3 Å². The van der Waals surface area contributed by atoms with E-state index in [4.69, 9.17) is 4.74 Å². The minimum absolute atomic E-state index is 0.202. The average molecular weight is 324 g/mol. The molecule has 0 fully saturated rings. The zero-order valence-electron chi connectivity index (χ0n) is 9.94. The Morgan fingerprint density at radius 1 is 1.13 bits per heavy atom. The summed E-state index contributed by atoms with van der Waals surface area (Å²) in [6, 6.07) is 0. The maximum absolute atomic E-state index is 10.9. The molecule has 0 aliphatic rings. The minimum atomic E-state index is -0.202. The molecule has 15 heavy (non-hydrogen) atoms. The highest BCUT2D eigenvalue weighted by atomic mass is 127. The van der Waals surface area contributed by atoms with E-state index in [1.54, 1.807) is 0 Å². The summed E-state index contributed by atoms with van der Waals surface area (Å²) in [5.74, 6) is 0.685. The number of allylic oxidation sites excluding steroid dienone is 2. The number of carbonyl (C=O) groups is 1. The second-order valence-corrected chi connectivity index (χ2v) is 4.93. The molecular weight excluding hydrogens is 303 g/mol. The van der Waals surface area contributed by atoms with E-state index in [0.717, 1.165) is 37.9 Å². The van der Waals surface area contributed by atoms with Gasteiger partial charge in [-0.2, -0.15) is 0 Å². The quantitative estimate of drug-likeness (QED) is 0.389. The molecule has 0 spiro atoms. The monoisotopic (exact) mass is 324 g/mol. The lowest BCUT2D eigenvalue weighted by Gasteiger charge is -2.09. The van der Waals surface area contributed by atoms with Crippen molar-refractivity contribution in [3.8, 4) is 0 Å². The second kappa shape index (κ2) is 9.19.